The Morgan fingerprint density at radius 3 is 2.86 bits per heavy atom. The second-order valence-electron chi connectivity index (χ2n) is 3.41. The molecule has 0 saturated heterocycles. The Morgan fingerprint density at radius 2 is 2.07 bits per heavy atom. The van der Waals surface area contributed by atoms with Gasteiger partial charge in [-0.05, 0) is 34.0 Å². The lowest BCUT2D eigenvalue weighted by atomic mass is 10.1. The fraction of sp³-hybridized carbons (Fsp3) is 0.182. The minimum absolute atomic E-state index is 0.448. The lowest BCUT2D eigenvalue weighted by molar-refractivity contribution is 0.953. The van der Waals surface area contributed by atoms with E-state index in [-0.39, 0.29) is 0 Å². The molecule has 0 radical (unpaired) electrons. The summed E-state index contributed by atoms with van der Waals surface area (Å²) in [7, 11) is 0. The number of aromatic nitrogens is 1. The summed E-state index contributed by atoms with van der Waals surface area (Å²) in [6, 6.07) is 2.00. The van der Waals surface area contributed by atoms with Gasteiger partial charge in [-0.15, -0.1) is 0 Å². The highest BCUT2D eigenvalue weighted by Gasteiger charge is 2.06. The van der Waals surface area contributed by atoms with Crippen molar-refractivity contribution in [1.29, 1.82) is 0 Å². The zero-order chi connectivity index (χ0) is 10.1. The topological polar surface area (TPSA) is 38.9 Å². The van der Waals surface area contributed by atoms with Crippen LogP contribution >= 0.6 is 15.9 Å². The summed E-state index contributed by atoms with van der Waals surface area (Å²) in [4.78, 5) is 4.30. The summed E-state index contributed by atoms with van der Waals surface area (Å²) >= 11 is 3.37. The molecule has 0 bridgehead atoms. The van der Waals surface area contributed by atoms with Gasteiger partial charge in [-0.2, -0.15) is 0 Å². The van der Waals surface area contributed by atoms with Crippen molar-refractivity contribution in [3.63, 3.8) is 0 Å². The van der Waals surface area contributed by atoms with Crippen LogP contribution in [0.1, 0.15) is 18.2 Å². The lowest BCUT2D eigenvalue weighted by Gasteiger charge is -2.03. The Hall–Kier alpha value is -1.09. The lowest BCUT2D eigenvalue weighted by Crippen LogP contribution is -1.95. The second-order valence-corrected chi connectivity index (χ2v) is 4.26. The molecule has 1 aromatic rings. The molecule has 14 heavy (non-hydrogen) atoms. The normalized spacial score (nSPS) is 19.1. The van der Waals surface area contributed by atoms with Crippen LogP contribution in [-0.4, -0.2) is 4.98 Å². The van der Waals surface area contributed by atoms with E-state index < -0.39 is 0 Å². The van der Waals surface area contributed by atoms with E-state index in [1.165, 1.54) is 0 Å². The highest BCUT2D eigenvalue weighted by molar-refractivity contribution is 9.10. The third-order valence-corrected chi connectivity index (χ3v) is 2.84. The molecule has 2 N–H and O–H groups in total. The van der Waals surface area contributed by atoms with Gasteiger partial charge in [0.2, 0.25) is 0 Å². The summed E-state index contributed by atoms with van der Waals surface area (Å²) in [6.07, 6.45) is 8.36. The van der Waals surface area contributed by atoms with Gasteiger partial charge >= 0.3 is 0 Å². The van der Waals surface area contributed by atoms with E-state index in [0.717, 1.165) is 15.7 Å². The van der Waals surface area contributed by atoms with Crippen molar-refractivity contribution in [3.8, 4) is 0 Å². The molecule has 3 heteroatoms. The largest absolute Gasteiger partial charge is 0.383 e. The molecule has 0 spiro atoms. The third kappa shape index (κ3) is 1.73. The van der Waals surface area contributed by atoms with Gasteiger partial charge in [0.1, 0.15) is 5.82 Å². The van der Waals surface area contributed by atoms with E-state index in [1.54, 1.807) is 0 Å². The molecule has 0 amide bonds. The third-order valence-electron chi connectivity index (χ3n) is 2.20. The van der Waals surface area contributed by atoms with Crippen LogP contribution in [0.5, 0.6) is 0 Å². The van der Waals surface area contributed by atoms with Gasteiger partial charge in [0.25, 0.3) is 0 Å². The van der Waals surface area contributed by atoms with Gasteiger partial charge in [0.15, 0.2) is 0 Å². The maximum Gasteiger partial charge on any atom is 0.138 e. The minimum Gasteiger partial charge on any atom is -0.383 e. The van der Waals surface area contributed by atoms with Gasteiger partial charge in [0, 0.05) is 5.56 Å². The molecule has 72 valence electrons. The minimum atomic E-state index is 0.448. The first-order chi connectivity index (χ1) is 6.66. The Kier molecular flexibility index (Phi) is 2.42. The number of nitrogens with zero attached hydrogens (tertiary/aromatic N) is 1. The molecule has 0 aromatic carbocycles. The molecule has 1 unspecified atom stereocenters. The number of hydrogen-bond donors (Lipinski definition) is 1. The Bertz CT molecular complexity index is 383. The van der Waals surface area contributed by atoms with Crippen LogP contribution in [-0.2, 0) is 0 Å². The van der Waals surface area contributed by atoms with Gasteiger partial charge < -0.3 is 5.73 Å². The fourth-order valence-corrected chi connectivity index (χ4v) is 1.70. The summed E-state index contributed by atoms with van der Waals surface area (Å²) < 4.78 is 0.851. The molecular formula is C11H11BrN2. The van der Waals surface area contributed by atoms with E-state index in [0.29, 0.717) is 11.7 Å². The number of nitrogens with two attached hydrogens (primary N) is 1. The Labute approximate surface area is 91.7 Å². The molecule has 2 nitrogen and oxygen atoms in total. The van der Waals surface area contributed by atoms with Crippen LogP contribution in [0, 0.1) is 5.92 Å². The zero-order valence-corrected chi connectivity index (χ0v) is 9.45. The number of allylic oxidation sites excluding steroid dienone is 2. The number of pyridine rings is 1. The molecule has 1 aliphatic carbocycles. The van der Waals surface area contributed by atoms with Gasteiger partial charge in [-0.1, -0.05) is 25.2 Å². The summed E-state index contributed by atoms with van der Waals surface area (Å²) in [6.45, 7) is 2.14. The van der Waals surface area contributed by atoms with Crippen LogP contribution in [0.25, 0.3) is 12.2 Å². The molecule has 1 heterocycles. The SMILES string of the molecule is CC1C=Cc2cc(Br)c(N)nc2C=C1. The quantitative estimate of drug-likeness (QED) is 0.769. The molecule has 0 fully saturated rings. The van der Waals surface area contributed by atoms with Crippen LogP contribution in [0.2, 0.25) is 0 Å². The smallest absolute Gasteiger partial charge is 0.138 e. The van der Waals surface area contributed by atoms with E-state index >= 15 is 0 Å². The molecule has 1 aromatic heterocycles. The standard InChI is InChI=1S/C11H11BrN2/c1-7-2-4-8-6-9(12)11(13)14-10(8)5-3-7/h2-7H,1H3,(H2,13,14). The van der Waals surface area contributed by atoms with E-state index in [1.807, 2.05) is 12.1 Å². The van der Waals surface area contributed by atoms with Crippen molar-refractivity contribution in [2.75, 3.05) is 5.73 Å². The average molecular weight is 251 g/mol. The number of hydrogen-bond acceptors (Lipinski definition) is 2. The van der Waals surface area contributed by atoms with Crippen LogP contribution in [0.15, 0.2) is 22.7 Å². The van der Waals surface area contributed by atoms with Gasteiger partial charge in [-0.3, -0.25) is 0 Å². The average Bonchev–Trinajstić information content (AvgIpc) is 2.31. The summed E-state index contributed by atoms with van der Waals surface area (Å²) in [5.41, 5.74) is 7.75. The van der Waals surface area contributed by atoms with Crippen molar-refractivity contribution in [3.05, 3.63) is 33.9 Å². The highest BCUT2D eigenvalue weighted by Crippen LogP contribution is 2.25. The van der Waals surface area contributed by atoms with E-state index in [9.17, 15) is 0 Å². The first kappa shape index (κ1) is 9.46. The zero-order valence-electron chi connectivity index (χ0n) is 7.87. The van der Waals surface area contributed by atoms with E-state index in [2.05, 4.69) is 46.1 Å². The Morgan fingerprint density at radius 1 is 1.36 bits per heavy atom. The monoisotopic (exact) mass is 250 g/mol. The maximum absolute atomic E-state index is 5.71. The van der Waals surface area contributed by atoms with Gasteiger partial charge in [-0.25, -0.2) is 4.98 Å². The number of rotatable bonds is 0. The predicted octanol–water partition coefficient (Wildman–Crippen LogP) is 3.10. The van der Waals surface area contributed by atoms with Crippen molar-refractivity contribution in [2.45, 2.75) is 6.92 Å². The van der Waals surface area contributed by atoms with Crippen molar-refractivity contribution in [1.82, 2.24) is 4.98 Å². The summed E-state index contributed by atoms with van der Waals surface area (Å²) in [5.74, 6) is 0.987. The fourth-order valence-electron chi connectivity index (χ4n) is 1.36. The maximum atomic E-state index is 5.71. The van der Waals surface area contributed by atoms with Crippen LogP contribution in [0.3, 0.4) is 0 Å². The predicted molar refractivity (Wildman–Crippen MR) is 63.6 cm³/mol. The van der Waals surface area contributed by atoms with Crippen LogP contribution < -0.4 is 5.73 Å². The number of fused-ring (bicyclic) bond motifs is 1. The molecule has 0 aliphatic heterocycles. The second kappa shape index (κ2) is 3.58. The van der Waals surface area contributed by atoms with E-state index in [4.69, 9.17) is 5.73 Å². The van der Waals surface area contributed by atoms with Gasteiger partial charge in [0.05, 0.1) is 10.2 Å². The van der Waals surface area contributed by atoms with Crippen LogP contribution in [0.4, 0.5) is 5.82 Å². The first-order valence-corrected chi connectivity index (χ1v) is 5.28. The molecule has 0 saturated carbocycles. The number of halogens is 1. The molecule has 1 atom stereocenters. The Balaban J connectivity index is 2.58. The van der Waals surface area contributed by atoms with Crippen molar-refractivity contribution >= 4 is 33.9 Å². The highest BCUT2D eigenvalue weighted by atomic mass is 79.9. The number of nitrogen functional groups attached to an aromatic ring is 1. The molecule has 1 aliphatic rings. The molecule has 2 rings (SSSR count). The first-order valence-electron chi connectivity index (χ1n) is 4.49. The number of anilines is 1. The summed E-state index contributed by atoms with van der Waals surface area (Å²) in [5, 5.41) is 0. The molecular weight excluding hydrogens is 240 g/mol. The van der Waals surface area contributed by atoms with Crippen molar-refractivity contribution < 1.29 is 0 Å². The van der Waals surface area contributed by atoms with Crippen molar-refractivity contribution in [2.24, 2.45) is 5.92 Å².